The Hall–Kier alpha value is -1.62. The normalized spacial score (nSPS) is 14.7. The van der Waals surface area contributed by atoms with Gasteiger partial charge in [-0.1, -0.05) is 0 Å². The van der Waals surface area contributed by atoms with Gasteiger partial charge in [-0.3, -0.25) is 4.68 Å². The minimum atomic E-state index is 0.189. The van der Waals surface area contributed by atoms with E-state index in [9.17, 15) is 0 Å². The molecule has 0 saturated carbocycles. The van der Waals surface area contributed by atoms with Gasteiger partial charge in [0, 0.05) is 36.7 Å². The Bertz CT molecular complexity index is 512. The molecule has 0 fully saturated rings. The summed E-state index contributed by atoms with van der Waals surface area (Å²) >= 11 is 0. The summed E-state index contributed by atoms with van der Waals surface area (Å²) in [4.78, 5) is 7.41. The van der Waals surface area contributed by atoms with Crippen molar-refractivity contribution in [2.24, 2.45) is 7.05 Å². The maximum atomic E-state index is 4.45. The van der Waals surface area contributed by atoms with Crippen LogP contribution in [0.5, 0.6) is 0 Å². The molecule has 2 rings (SSSR count). The van der Waals surface area contributed by atoms with Crippen molar-refractivity contribution in [1.82, 2.24) is 25.1 Å². The van der Waals surface area contributed by atoms with E-state index < -0.39 is 0 Å². The van der Waals surface area contributed by atoms with Gasteiger partial charge in [0.2, 0.25) is 0 Å². The van der Waals surface area contributed by atoms with Crippen LogP contribution in [-0.2, 0) is 7.05 Å². The minimum Gasteiger partial charge on any atom is -0.347 e. The first-order valence-corrected chi connectivity index (χ1v) is 6.26. The monoisotopic (exact) mass is 247 g/mol. The predicted molar refractivity (Wildman–Crippen MR) is 71.2 cm³/mol. The van der Waals surface area contributed by atoms with Crippen LogP contribution >= 0.6 is 0 Å². The molecule has 0 aliphatic carbocycles. The average Bonchev–Trinajstić information content (AvgIpc) is 2.88. The second-order valence-corrected chi connectivity index (χ2v) is 4.79. The molecular formula is C13H21N5. The van der Waals surface area contributed by atoms with E-state index in [1.165, 1.54) is 11.3 Å². The number of H-pyrrole nitrogens is 1. The minimum absolute atomic E-state index is 0.189. The highest BCUT2D eigenvalue weighted by Crippen LogP contribution is 2.23. The molecule has 0 amide bonds. The zero-order chi connectivity index (χ0) is 13.3. The summed E-state index contributed by atoms with van der Waals surface area (Å²) in [5.41, 5.74) is 3.57. The number of nitrogens with one attached hydrogen (secondary N) is 2. The Balaban J connectivity index is 2.15. The molecule has 5 heteroatoms. The van der Waals surface area contributed by atoms with E-state index in [1.54, 1.807) is 6.20 Å². The third kappa shape index (κ3) is 2.31. The number of rotatable bonds is 4. The quantitative estimate of drug-likeness (QED) is 0.870. The lowest BCUT2D eigenvalue weighted by Gasteiger charge is -2.19. The molecule has 2 aromatic rings. The van der Waals surface area contributed by atoms with Gasteiger partial charge in [0.15, 0.2) is 0 Å². The van der Waals surface area contributed by atoms with Crippen LogP contribution in [0.2, 0.25) is 0 Å². The zero-order valence-corrected chi connectivity index (χ0v) is 11.7. The zero-order valence-electron chi connectivity index (χ0n) is 11.7. The summed E-state index contributed by atoms with van der Waals surface area (Å²) in [6.07, 6.45) is 3.62. The predicted octanol–water partition coefficient (Wildman–Crippen LogP) is 2.17. The first-order valence-electron chi connectivity index (χ1n) is 6.26. The summed E-state index contributed by atoms with van der Waals surface area (Å²) in [6, 6.07) is 0.438. The van der Waals surface area contributed by atoms with Crippen LogP contribution < -0.4 is 5.32 Å². The van der Waals surface area contributed by atoms with Crippen molar-refractivity contribution >= 4 is 0 Å². The fourth-order valence-corrected chi connectivity index (χ4v) is 2.47. The Labute approximate surface area is 108 Å². The summed E-state index contributed by atoms with van der Waals surface area (Å²) in [6.45, 7) is 8.43. The number of aryl methyl sites for hydroxylation is 2. The summed E-state index contributed by atoms with van der Waals surface area (Å²) < 4.78 is 1.93. The maximum absolute atomic E-state index is 4.45. The van der Waals surface area contributed by atoms with E-state index in [2.05, 4.69) is 48.1 Å². The largest absolute Gasteiger partial charge is 0.347 e. The molecule has 2 aromatic heterocycles. The molecular weight excluding hydrogens is 226 g/mol. The summed E-state index contributed by atoms with van der Waals surface area (Å²) in [5.74, 6) is 0.959. The lowest BCUT2D eigenvalue weighted by Crippen LogP contribution is -2.24. The van der Waals surface area contributed by atoms with Crippen LogP contribution in [0.15, 0.2) is 12.4 Å². The topological polar surface area (TPSA) is 58.5 Å². The third-order valence-electron chi connectivity index (χ3n) is 3.43. The number of nitrogens with zero attached hydrogens (tertiary/aromatic N) is 3. The number of hydrogen-bond donors (Lipinski definition) is 2. The Kier molecular flexibility index (Phi) is 3.52. The molecule has 5 nitrogen and oxygen atoms in total. The molecule has 2 heterocycles. The van der Waals surface area contributed by atoms with Crippen molar-refractivity contribution < 1.29 is 0 Å². The summed E-state index contributed by atoms with van der Waals surface area (Å²) in [5, 5.41) is 8.00. The fourth-order valence-electron chi connectivity index (χ4n) is 2.47. The standard InChI is InChI=1S/C13H21N5/c1-8(12-9(2)17-18(5)11(12)4)16-10(3)13-14-6-7-15-13/h6-8,10,16H,1-5H3,(H,14,15). The van der Waals surface area contributed by atoms with Crippen molar-refractivity contribution in [3.63, 3.8) is 0 Å². The number of aromatic nitrogens is 4. The lowest BCUT2D eigenvalue weighted by molar-refractivity contribution is 0.476. The van der Waals surface area contributed by atoms with Gasteiger partial charge in [-0.2, -0.15) is 5.10 Å². The van der Waals surface area contributed by atoms with Gasteiger partial charge < -0.3 is 10.3 Å². The van der Waals surface area contributed by atoms with Gasteiger partial charge in [0.1, 0.15) is 5.82 Å². The second kappa shape index (κ2) is 4.94. The van der Waals surface area contributed by atoms with E-state index in [0.29, 0.717) is 0 Å². The van der Waals surface area contributed by atoms with Crippen LogP contribution in [0.4, 0.5) is 0 Å². The molecule has 0 aromatic carbocycles. The van der Waals surface area contributed by atoms with Gasteiger partial charge in [-0.05, 0) is 27.7 Å². The average molecular weight is 247 g/mol. The van der Waals surface area contributed by atoms with E-state index in [-0.39, 0.29) is 12.1 Å². The van der Waals surface area contributed by atoms with Crippen LogP contribution in [-0.4, -0.2) is 19.7 Å². The highest BCUT2D eigenvalue weighted by Gasteiger charge is 2.19. The first-order chi connectivity index (χ1) is 8.50. The molecule has 2 N–H and O–H groups in total. The molecule has 2 atom stereocenters. The molecule has 18 heavy (non-hydrogen) atoms. The van der Waals surface area contributed by atoms with Crippen LogP contribution in [0.25, 0.3) is 0 Å². The van der Waals surface area contributed by atoms with Crippen LogP contribution in [0, 0.1) is 13.8 Å². The van der Waals surface area contributed by atoms with Crippen molar-refractivity contribution in [2.75, 3.05) is 0 Å². The molecule has 0 spiro atoms. The van der Waals surface area contributed by atoms with E-state index >= 15 is 0 Å². The SMILES string of the molecule is Cc1nn(C)c(C)c1C(C)NC(C)c1ncc[nH]1. The number of imidazole rings is 1. The van der Waals surface area contributed by atoms with Gasteiger partial charge in [0.05, 0.1) is 11.7 Å². The van der Waals surface area contributed by atoms with Crippen molar-refractivity contribution in [1.29, 1.82) is 0 Å². The molecule has 0 aliphatic rings. The molecule has 2 unspecified atom stereocenters. The molecule has 0 aliphatic heterocycles. The van der Waals surface area contributed by atoms with Crippen LogP contribution in [0.1, 0.15) is 48.7 Å². The highest BCUT2D eigenvalue weighted by molar-refractivity contribution is 5.27. The molecule has 98 valence electrons. The molecule has 0 saturated heterocycles. The molecule has 0 radical (unpaired) electrons. The van der Waals surface area contributed by atoms with Crippen LogP contribution in [0.3, 0.4) is 0 Å². The van der Waals surface area contributed by atoms with E-state index in [0.717, 1.165) is 11.5 Å². The highest BCUT2D eigenvalue weighted by atomic mass is 15.3. The number of aromatic amines is 1. The lowest BCUT2D eigenvalue weighted by atomic mass is 10.1. The fraction of sp³-hybridized carbons (Fsp3) is 0.538. The smallest absolute Gasteiger partial charge is 0.122 e. The van der Waals surface area contributed by atoms with Crippen molar-refractivity contribution in [3.8, 4) is 0 Å². The van der Waals surface area contributed by atoms with Crippen molar-refractivity contribution in [3.05, 3.63) is 35.2 Å². The Morgan fingerprint density at radius 3 is 2.50 bits per heavy atom. The Morgan fingerprint density at radius 1 is 1.28 bits per heavy atom. The van der Waals surface area contributed by atoms with Gasteiger partial charge in [0.25, 0.3) is 0 Å². The maximum Gasteiger partial charge on any atom is 0.122 e. The summed E-state index contributed by atoms with van der Waals surface area (Å²) in [7, 11) is 1.98. The Morgan fingerprint density at radius 2 is 2.00 bits per heavy atom. The van der Waals surface area contributed by atoms with Gasteiger partial charge in [-0.15, -0.1) is 0 Å². The van der Waals surface area contributed by atoms with E-state index in [1.807, 2.05) is 17.9 Å². The third-order valence-corrected chi connectivity index (χ3v) is 3.43. The first kappa shape index (κ1) is 12.8. The van der Waals surface area contributed by atoms with E-state index in [4.69, 9.17) is 0 Å². The van der Waals surface area contributed by atoms with Gasteiger partial charge >= 0.3 is 0 Å². The molecule has 0 bridgehead atoms. The second-order valence-electron chi connectivity index (χ2n) is 4.79. The van der Waals surface area contributed by atoms with Gasteiger partial charge in [-0.25, -0.2) is 4.98 Å². The van der Waals surface area contributed by atoms with Crippen molar-refractivity contribution in [2.45, 2.75) is 39.8 Å². The number of hydrogen-bond acceptors (Lipinski definition) is 3.